The highest BCUT2D eigenvalue weighted by atomic mass is 16.6. The lowest BCUT2D eigenvalue weighted by molar-refractivity contribution is -0.147. The van der Waals surface area contributed by atoms with Crippen LogP contribution < -0.4 is 0 Å². The topological polar surface area (TPSA) is 46.6 Å². The third-order valence-corrected chi connectivity index (χ3v) is 3.82. The fourth-order valence-electron chi connectivity index (χ4n) is 2.75. The number of amides is 1. The van der Waals surface area contributed by atoms with E-state index in [1.54, 1.807) is 0 Å². The number of ether oxygens (including phenoxy) is 1. The molecule has 2 aromatic rings. The molecule has 4 heteroatoms. The zero-order valence-electron chi connectivity index (χ0n) is 13.0. The van der Waals surface area contributed by atoms with Gasteiger partial charge in [0.05, 0.1) is 0 Å². The number of rotatable bonds is 1. The van der Waals surface area contributed by atoms with Crippen LogP contribution in [0.3, 0.4) is 0 Å². The van der Waals surface area contributed by atoms with Gasteiger partial charge in [0.1, 0.15) is 6.54 Å². The highest BCUT2D eigenvalue weighted by molar-refractivity contribution is 5.91. The molecule has 0 radical (unpaired) electrons. The Morgan fingerprint density at radius 1 is 1.14 bits per heavy atom. The van der Waals surface area contributed by atoms with E-state index in [9.17, 15) is 9.59 Å². The van der Waals surface area contributed by atoms with Crippen molar-refractivity contribution in [2.75, 3.05) is 6.54 Å². The molecule has 1 atom stereocenters. The maximum Gasteiger partial charge on any atom is 0.327 e. The van der Waals surface area contributed by atoms with Crippen molar-refractivity contribution in [1.82, 2.24) is 4.90 Å². The molecule has 22 heavy (non-hydrogen) atoms. The van der Waals surface area contributed by atoms with Gasteiger partial charge in [-0.25, -0.2) is 0 Å². The molecule has 0 saturated carbocycles. The van der Waals surface area contributed by atoms with Crippen molar-refractivity contribution in [1.29, 1.82) is 0 Å². The van der Waals surface area contributed by atoms with Crippen LogP contribution in [0.5, 0.6) is 0 Å². The standard InChI is InChI=1S/C18H19NO3/c1-18(2,3)17(21)19-11-15(20)22-16(19)14-10-6-8-12-7-4-5-9-13(12)14/h4-10,16H,11H2,1-3H3. The summed E-state index contributed by atoms with van der Waals surface area (Å²) < 4.78 is 5.45. The van der Waals surface area contributed by atoms with E-state index in [-0.39, 0.29) is 18.4 Å². The molecule has 1 unspecified atom stereocenters. The monoisotopic (exact) mass is 297 g/mol. The van der Waals surface area contributed by atoms with Crippen molar-refractivity contribution in [2.45, 2.75) is 27.0 Å². The van der Waals surface area contributed by atoms with Crippen molar-refractivity contribution in [3.8, 4) is 0 Å². The van der Waals surface area contributed by atoms with Gasteiger partial charge in [0.25, 0.3) is 0 Å². The molecule has 1 fully saturated rings. The summed E-state index contributed by atoms with van der Waals surface area (Å²) in [4.78, 5) is 25.9. The Balaban J connectivity index is 2.08. The second-order valence-electron chi connectivity index (χ2n) is 6.59. The quantitative estimate of drug-likeness (QED) is 0.759. The van der Waals surface area contributed by atoms with Gasteiger partial charge in [0.2, 0.25) is 12.1 Å². The number of hydrogen-bond acceptors (Lipinski definition) is 3. The van der Waals surface area contributed by atoms with Gasteiger partial charge in [-0.2, -0.15) is 0 Å². The van der Waals surface area contributed by atoms with E-state index >= 15 is 0 Å². The van der Waals surface area contributed by atoms with Crippen LogP contribution in [0.1, 0.15) is 32.6 Å². The molecule has 1 aliphatic rings. The first-order chi connectivity index (χ1) is 10.4. The molecule has 0 N–H and O–H groups in total. The van der Waals surface area contributed by atoms with E-state index in [4.69, 9.17) is 4.74 Å². The van der Waals surface area contributed by atoms with Crippen molar-refractivity contribution < 1.29 is 14.3 Å². The maximum absolute atomic E-state index is 12.6. The number of cyclic esters (lactones) is 1. The summed E-state index contributed by atoms with van der Waals surface area (Å²) >= 11 is 0. The van der Waals surface area contributed by atoms with E-state index in [1.807, 2.05) is 63.2 Å². The van der Waals surface area contributed by atoms with Crippen molar-refractivity contribution in [2.24, 2.45) is 5.41 Å². The highest BCUT2D eigenvalue weighted by Gasteiger charge is 2.41. The van der Waals surface area contributed by atoms with Gasteiger partial charge in [-0.3, -0.25) is 14.5 Å². The van der Waals surface area contributed by atoms with Gasteiger partial charge in [0, 0.05) is 11.0 Å². The van der Waals surface area contributed by atoms with Crippen molar-refractivity contribution >= 4 is 22.6 Å². The maximum atomic E-state index is 12.6. The first-order valence-electron chi connectivity index (χ1n) is 7.36. The number of esters is 1. The minimum absolute atomic E-state index is 0.00396. The van der Waals surface area contributed by atoms with Gasteiger partial charge in [-0.15, -0.1) is 0 Å². The lowest BCUT2D eigenvalue weighted by Gasteiger charge is -2.29. The van der Waals surface area contributed by atoms with Gasteiger partial charge >= 0.3 is 5.97 Å². The van der Waals surface area contributed by atoms with Crippen LogP contribution in [-0.2, 0) is 14.3 Å². The van der Waals surface area contributed by atoms with Gasteiger partial charge in [-0.1, -0.05) is 63.2 Å². The SMILES string of the molecule is CC(C)(C)C(=O)N1CC(=O)OC1c1cccc2ccccc12. The average Bonchev–Trinajstić information content (AvgIpc) is 2.86. The molecule has 4 nitrogen and oxygen atoms in total. The normalized spacial score (nSPS) is 18.6. The van der Waals surface area contributed by atoms with Gasteiger partial charge in [0.15, 0.2) is 0 Å². The van der Waals surface area contributed by atoms with E-state index in [0.29, 0.717) is 0 Å². The fraction of sp³-hybridized carbons (Fsp3) is 0.333. The van der Waals surface area contributed by atoms with Crippen molar-refractivity contribution in [3.63, 3.8) is 0 Å². The second kappa shape index (κ2) is 5.13. The molecule has 0 aromatic heterocycles. The van der Waals surface area contributed by atoms with Crippen LogP contribution >= 0.6 is 0 Å². The third-order valence-electron chi connectivity index (χ3n) is 3.82. The van der Waals surface area contributed by atoms with Gasteiger partial charge < -0.3 is 4.74 Å². The van der Waals surface area contributed by atoms with E-state index < -0.39 is 11.6 Å². The summed E-state index contributed by atoms with van der Waals surface area (Å²) in [5.74, 6) is -0.452. The molecule has 1 aliphatic heterocycles. The molecule has 0 bridgehead atoms. The second-order valence-corrected chi connectivity index (χ2v) is 6.59. The molecule has 3 rings (SSSR count). The number of carbonyl (C=O) groups is 2. The molecular weight excluding hydrogens is 278 g/mol. The summed E-state index contributed by atoms with van der Waals surface area (Å²) in [6.07, 6.45) is -0.648. The summed E-state index contributed by atoms with van der Waals surface area (Å²) in [6.45, 7) is 5.54. The number of hydrogen-bond donors (Lipinski definition) is 0. The zero-order chi connectivity index (χ0) is 15.9. The van der Waals surface area contributed by atoms with Crippen LogP contribution in [0, 0.1) is 5.41 Å². The average molecular weight is 297 g/mol. The van der Waals surface area contributed by atoms with Crippen LogP contribution in [0.4, 0.5) is 0 Å². The number of nitrogens with zero attached hydrogens (tertiary/aromatic N) is 1. The van der Waals surface area contributed by atoms with Crippen molar-refractivity contribution in [3.05, 3.63) is 48.0 Å². The van der Waals surface area contributed by atoms with Crippen LogP contribution in [0.2, 0.25) is 0 Å². The summed E-state index contributed by atoms with van der Waals surface area (Å²) in [5.41, 5.74) is 0.290. The Hall–Kier alpha value is -2.36. The molecule has 1 saturated heterocycles. The predicted octanol–water partition coefficient (Wildman–Crippen LogP) is 3.27. The van der Waals surface area contributed by atoms with Crippen LogP contribution in [0.25, 0.3) is 10.8 Å². The molecule has 0 aliphatic carbocycles. The van der Waals surface area contributed by atoms with Crippen LogP contribution in [-0.4, -0.2) is 23.3 Å². The number of benzene rings is 2. The Morgan fingerprint density at radius 2 is 1.82 bits per heavy atom. The molecule has 2 aromatic carbocycles. The Bertz CT molecular complexity index is 740. The van der Waals surface area contributed by atoms with Crippen LogP contribution in [0.15, 0.2) is 42.5 Å². The fourth-order valence-corrected chi connectivity index (χ4v) is 2.75. The first-order valence-corrected chi connectivity index (χ1v) is 7.36. The van der Waals surface area contributed by atoms with E-state index in [2.05, 4.69) is 0 Å². The smallest absolute Gasteiger partial charge is 0.327 e. The van der Waals surface area contributed by atoms with E-state index in [1.165, 1.54) is 4.90 Å². The first kappa shape index (κ1) is 14.6. The zero-order valence-corrected chi connectivity index (χ0v) is 13.0. The Morgan fingerprint density at radius 3 is 2.55 bits per heavy atom. The minimum atomic E-state index is -0.648. The Kier molecular flexibility index (Phi) is 3.39. The minimum Gasteiger partial charge on any atom is -0.436 e. The predicted molar refractivity (Wildman–Crippen MR) is 83.9 cm³/mol. The summed E-state index contributed by atoms with van der Waals surface area (Å²) in [6, 6.07) is 13.7. The lowest BCUT2D eigenvalue weighted by atomic mass is 9.94. The largest absolute Gasteiger partial charge is 0.436 e. The Labute approximate surface area is 129 Å². The van der Waals surface area contributed by atoms with Gasteiger partial charge in [-0.05, 0) is 10.8 Å². The summed E-state index contributed by atoms with van der Waals surface area (Å²) in [5, 5.41) is 2.06. The molecule has 114 valence electrons. The third kappa shape index (κ3) is 2.45. The van der Waals surface area contributed by atoms with E-state index in [0.717, 1.165) is 16.3 Å². The molecule has 1 amide bonds. The molecular formula is C18H19NO3. The highest BCUT2D eigenvalue weighted by Crippen LogP contribution is 2.35. The lowest BCUT2D eigenvalue weighted by Crippen LogP contribution is -2.39. The number of fused-ring (bicyclic) bond motifs is 1. The molecule has 1 heterocycles. The summed E-state index contributed by atoms with van der Waals surface area (Å²) in [7, 11) is 0. The number of carbonyl (C=O) groups excluding carboxylic acids is 2. The molecule has 0 spiro atoms.